The maximum atomic E-state index is 6.22. The minimum absolute atomic E-state index is 0.565. The van der Waals surface area contributed by atoms with Crippen molar-refractivity contribution in [3.63, 3.8) is 0 Å². The molecule has 0 amide bonds. The normalized spacial score (nSPS) is 39.0. The van der Waals surface area contributed by atoms with Gasteiger partial charge in [0.05, 0.1) is 0 Å². The summed E-state index contributed by atoms with van der Waals surface area (Å²) in [5.74, 6) is 0. The van der Waals surface area contributed by atoms with Gasteiger partial charge in [-0.15, -0.1) is 0 Å². The highest BCUT2D eigenvalue weighted by Gasteiger charge is 2.39. The van der Waals surface area contributed by atoms with Crippen LogP contribution in [0.5, 0.6) is 0 Å². The molecule has 2 bridgehead atoms. The Morgan fingerprint density at radius 2 is 1.57 bits per heavy atom. The minimum Gasteiger partial charge on any atom is -0.415 e. The molecule has 3 heteroatoms. The lowest BCUT2D eigenvalue weighted by molar-refractivity contribution is 0.0617. The van der Waals surface area contributed by atoms with Gasteiger partial charge >= 0.3 is 0 Å². The fourth-order valence-corrected chi connectivity index (χ4v) is 4.15. The molecular formula is C11H23NOSi. The van der Waals surface area contributed by atoms with Gasteiger partial charge in [-0.05, 0) is 52.4 Å². The largest absolute Gasteiger partial charge is 0.415 e. The van der Waals surface area contributed by atoms with Crippen molar-refractivity contribution in [2.24, 2.45) is 0 Å². The van der Waals surface area contributed by atoms with Gasteiger partial charge in [0.25, 0.3) is 0 Å². The zero-order valence-corrected chi connectivity index (χ0v) is 10.9. The third kappa shape index (κ3) is 2.20. The topological polar surface area (TPSA) is 12.5 Å². The molecule has 2 fully saturated rings. The first kappa shape index (κ1) is 10.6. The molecule has 0 aliphatic carbocycles. The summed E-state index contributed by atoms with van der Waals surface area (Å²) in [6.45, 7) is 6.90. The van der Waals surface area contributed by atoms with Crippen molar-refractivity contribution in [1.82, 2.24) is 4.90 Å². The maximum Gasteiger partial charge on any atom is 0.184 e. The predicted octanol–water partition coefficient (Wildman–Crippen LogP) is 2.46. The molecule has 0 aromatic carbocycles. The molecule has 2 aliphatic rings. The van der Waals surface area contributed by atoms with Crippen molar-refractivity contribution >= 4 is 8.32 Å². The number of fused-ring (bicyclic) bond motifs is 2. The van der Waals surface area contributed by atoms with E-state index in [4.69, 9.17) is 4.43 Å². The van der Waals surface area contributed by atoms with E-state index in [0.717, 1.165) is 12.1 Å². The smallest absolute Gasteiger partial charge is 0.184 e. The quantitative estimate of drug-likeness (QED) is 0.653. The molecule has 2 nitrogen and oxygen atoms in total. The van der Waals surface area contributed by atoms with E-state index in [1.807, 2.05) is 0 Å². The van der Waals surface area contributed by atoms with E-state index in [-0.39, 0.29) is 0 Å². The first-order valence-corrected chi connectivity index (χ1v) is 9.26. The summed E-state index contributed by atoms with van der Waals surface area (Å²) in [5.41, 5.74) is 0. The molecule has 2 saturated heterocycles. The molecule has 2 rings (SSSR count). The molecule has 3 atom stereocenters. The van der Waals surface area contributed by atoms with Crippen LogP contribution in [-0.2, 0) is 4.43 Å². The van der Waals surface area contributed by atoms with Crippen LogP contribution in [0.15, 0.2) is 0 Å². The van der Waals surface area contributed by atoms with Crippen molar-refractivity contribution < 1.29 is 4.43 Å². The standard InChI is InChI=1S/C11H23NOSi/c1-12-9-5-6-10(12)8-11(7-9)13-14(2,3)4/h9-11H,5-8H2,1-4H3/t9-,10+,11?. The second-order valence-corrected chi connectivity index (χ2v) is 10.3. The van der Waals surface area contributed by atoms with Crippen LogP contribution in [0.3, 0.4) is 0 Å². The van der Waals surface area contributed by atoms with E-state index in [1.165, 1.54) is 25.7 Å². The summed E-state index contributed by atoms with van der Waals surface area (Å²) in [6, 6.07) is 1.63. The molecule has 2 heterocycles. The van der Waals surface area contributed by atoms with Crippen molar-refractivity contribution in [1.29, 1.82) is 0 Å². The average Bonchev–Trinajstić information content (AvgIpc) is 2.32. The van der Waals surface area contributed by atoms with Crippen LogP contribution in [0, 0.1) is 0 Å². The summed E-state index contributed by atoms with van der Waals surface area (Å²) in [4.78, 5) is 2.57. The van der Waals surface area contributed by atoms with E-state index in [0.29, 0.717) is 6.10 Å². The Labute approximate surface area is 88.8 Å². The zero-order valence-electron chi connectivity index (χ0n) is 9.92. The number of rotatable bonds is 2. The Hall–Kier alpha value is 0.137. The lowest BCUT2D eigenvalue weighted by Crippen LogP contribution is -2.45. The molecule has 0 saturated carbocycles. The fraction of sp³-hybridized carbons (Fsp3) is 1.00. The van der Waals surface area contributed by atoms with Crippen molar-refractivity contribution in [3.05, 3.63) is 0 Å². The van der Waals surface area contributed by atoms with Crippen LogP contribution < -0.4 is 0 Å². The number of hydrogen-bond donors (Lipinski definition) is 0. The molecular weight excluding hydrogens is 190 g/mol. The lowest BCUT2D eigenvalue weighted by Gasteiger charge is -2.38. The summed E-state index contributed by atoms with van der Waals surface area (Å²) in [6.07, 6.45) is 5.91. The second-order valence-electron chi connectivity index (χ2n) is 5.87. The highest BCUT2D eigenvalue weighted by atomic mass is 28.4. The molecule has 14 heavy (non-hydrogen) atoms. The Balaban J connectivity index is 1.93. The fourth-order valence-electron chi connectivity index (χ4n) is 2.96. The van der Waals surface area contributed by atoms with E-state index in [1.54, 1.807) is 0 Å². The number of hydrogen-bond acceptors (Lipinski definition) is 2. The average molecular weight is 213 g/mol. The molecule has 1 unspecified atom stereocenters. The van der Waals surface area contributed by atoms with Crippen LogP contribution in [0.1, 0.15) is 25.7 Å². The Kier molecular flexibility index (Phi) is 2.75. The van der Waals surface area contributed by atoms with Gasteiger partial charge in [-0.25, -0.2) is 0 Å². The van der Waals surface area contributed by atoms with Crippen LogP contribution in [0.4, 0.5) is 0 Å². The minimum atomic E-state index is -1.32. The summed E-state index contributed by atoms with van der Waals surface area (Å²) < 4.78 is 6.22. The first-order chi connectivity index (χ1) is 6.46. The van der Waals surface area contributed by atoms with Crippen LogP contribution in [-0.4, -0.2) is 38.5 Å². The SMILES string of the molecule is CN1[C@@H]2CC[C@H]1CC(O[Si](C)(C)C)C2. The van der Waals surface area contributed by atoms with Crippen LogP contribution >= 0.6 is 0 Å². The zero-order chi connectivity index (χ0) is 10.3. The van der Waals surface area contributed by atoms with Gasteiger partial charge in [-0.3, -0.25) is 0 Å². The van der Waals surface area contributed by atoms with E-state index in [2.05, 4.69) is 31.6 Å². The van der Waals surface area contributed by atoms with E-state index >= 15 is 0 Å². The summed E-state index contributed by atoms with van der Waals surface area (Å²) in [5, 5.41) is 0. The Bertz CT molecular complexity index is 200. The molecule has 0 N–H and O–H groups in total. The highest BCUT2D eigenvalue weighted by Crippen LogP contribution is 2.36. The molecule has 0 aromatic heterocycles. The van der Waals surface area contributed by atoms with Crippen LogP contribution in [0.25, 0.3) is 0 Å². The first-order valence-electron chi connectivity index (χ1n) is 5.85. The predicted molar refractivity (Wildman–Crippen MR) is 62.0 cm³/mol. The molecule has 2 aliphatic heterocycles. The Morgan fingerprint density at radius 3 is 2.00 bits per heavy atom. The third-order valence-corrected chi connectivity index (χ3v) is 4.62. The monoisotopic (exact) mass is 213 g/mol. The number of piperidine rings is 1. The molecule has 82 valence electrons. The van der Waals surface area contributed by atoms with Gasteiger partial charge in [-0.1, -0.05) is 0 Å². The van der Waals surface area contributed by atoms with E-state index in [9.17, 15) is 0 Å². The van der Waals surface area contributed by atoms with Crippen molar-refractivity contribution in [2.45, 2.75) is 63.5 Å². The highest BCUT2D eigenvalue weighted by molar-refractivity contribution is 6.69. The van der Waals surface area contributed by atoms with Gasteiger partial charge in [0, 0.05) is 18.2 Å². The van der Waals surface area contributed by atoms with Crippen molar-refractivity contribution in [2.75, 3.05) is 7.05 Å². The molecule has 0 radical (unpaired) electrons. The maximum absolute atomic E-state index is 6.22. The number of nitrogens with zero attached hydrogens (tertiary/aromatic N) is 1. The summed E-state index contributed by atoms with van der Waals surface area (Å²) >= 11 is 0. The van der Waals surface area contributed by atoms with Gasteiger partial charge in [0.2, 0.25) is 0 Å². The lowest BCUT2D eigenvalue weighted by atomic mass is 10.0. The second kappa shape index (κ2) is 3.61. The molecule has 0 spiro atoms. The van der Waals surface area contributed by atoms with Crippen molar-refractivity contribution in [3.8, 4) is 0 Å². The molecule has 0 aromatic rings. The van der Waals surface area contributed by atoms with Crippen LogP contribution in [0.2, 0.25) is 19.6 Å². The van der Waals surface area contributed by atoms with Gasteiger partial charge in [-0.2, -0.15) is 0 Å². The van der Waals surface area contributed by atoms with Gasteiger partial charge < -0.3 is 9.33 Å². The van der Waals surface area contributed by atoms with Gasteiger partial charge in [0.15, 0.2) is 8.32 Å². The summed E-state index contributed by atoms with van der Waals surface area (Å²) in [7, 11) is 0.968. The Morgan fingerprint density at radius 1 is 1.07 bits per heavy atom. The van der Waals surface area contributed by atoms with Gasteiger partial charge in [0.1, 0.15) is 0 Å². The third-order valence-electron chi connectivity index (χ3n) is 3.58. The van der Waals surface area contributed by atoms with E-state index < -0.39 is 8.32 Å².